The van der Waals surface area contributed by atoms with Crippen LogP contribution in [0.4, 0.5) is 5.69 Å². The summed E-state index contributed by atoms with van der Waals surface area (Å²) >= 11 is 0. The van der Waals surface area contributed by atoms with Crippen LogP contribution in [-0.4, -0.2) is 25.3 Å². The van der Waals surface area contributed by atoms with Crippen molar-refractivity contribution in [3.63, 3.8) is 0 Å². The smallest absolute Gasteiger partial charge is 0.0755 e. The van der Waals surface area contributed by atoms with E-state index >= 15 is 0 Å². The van der Waals surface area contributed by atoms with Gasteiger partial charge < -0.3 is 15.4 Å². The summed E-state index contributed by atoms with van der Waals surface area (Å²) in [4.78, 5) is 2.47. The maximum atomic E-state index is 6.23. The Hall–Kier alpha value is -1.06. The van der Waals surface area contributed by atoms with Crippen LogP contribution in [0.3, 0.4) is 0 Å². The number of hydrogen-bond donors (Lipinski definition) is 1. The van der Waals surface area contributed by atoms with Gasteiger partial charge in [-0.3, -0.25) is 0 Å². The molecule has 2 bridgehead atoms. The summed E-state index contributed by atoms with van der Waals surface area (Å²) in [5.41, 5.74) is 8.82. The van der Waals surface area contributed by atoms with Crippen LogP contribution in [-0.2, 0) is 4.74 Å². The Kier molecular flexibility index (Phi) is 3.27. The quantitative estimate of drug-likeness (QED) is 0.890. The number of hydrogen-bond acceptors (Lipinski definition) is 3. The fourth-order valence-electron chi connectivity index (χ4n) is 3.12. The number of anilines is 1. The van der Waals surface area contributed by atoms with Gasteiger partial charge in [-0.15, -0.1) is 0 Å². The zero-order chi connectivity index (χ0) is 12.5. The average molecular weight is 246 g/mol. The highest BCUT2D eigenvalue weighted by Gasteiger charge is 2.34. The molecule has 2 aliphatic rings. The van der Waals surface area contributed by atoms with Gasteiger partial charge in [0.05, 0.1) is 12.2 Å². The van der Waals surface area contributed by atoms with Crippen LogP contribution >= 0.6 is 0 Å². The number of rotatable bonds is 3. The second-order valence-corrected chi connectivity index (χ2v) is 5.44. The van der Waals surface area contributed by atoms with Crippen LogP contribution in [0, 0.1) is 0 Å². The molecule has 2 saturated heterocycles. The third kappa shape index (κ3) is 2.13. The number of morpholine rings is 1. The van der Waals surface area contributed by atoms with Crippen LogP contribution in [0.15, 0.2) is 24.3 Å². The molecule has 98 valence electrons. The molecule has 2 heterocycles. The van der Waals surface area contributed by atoms with E-state index in [1.165, 1.54) is 24.1 Å². The van der Waals surface area contributed by atoms with Gasteiger partial charge in [0, 0.05) is 24.8 Å². The van der Waals surface area contributed by atoms with Gasteiger partial charge in [0.15, 0.2) is 0 Å². The minimum Gasteiger partial charge on any atom is -0.371 e. The summed E-state index contributed by atoms with van der Waals surface area (Å²) in [5.74, 6) is 0. The molecular weight excluding hydrogens is 224 g/mol. The van der Waals surface area contributed by atoms with Crippen molar-refractivity contribution in [1.82, 2.24) is 0 Å². The lowest BCUT2D eigenvalue weighted by atomic mass is 10.0. The normalized spacial score (nSPS) is 28.4. The SMILES string of the molecule is CC[C@H](N)c1ccccc1N1CC2CCC(C1)O2. The molecule has 0 radical (unpaired) electrons. The van der Waals surface area contributed by atoms with E-state index in [1.54, 1.807) is 0 Å². The second-order valence-electron chi connectivity index (χ2n) is 5.44. The third-order valence-corrected chi connectivity index (χ3v) is 4.16. The molecule has 0 saturated carbocycles. The van der Waals surface area contributed by atoms with E-state index in [1.807, 2.05) is 0 Å². The minimum absolute atomic E-state index is 0.140. The third-order valence-electron chi connectivity index (χ3n) is 4.16. The van der Waals surface area contributed by atoms with Crippen LogP contribution < -0.4 is 10.6 Å². The molecule has 3 atom stereocenters. The molecule has 0 spiro atoms. The van der Waals surface area contributed by atoms with Gasteiger partial charge in [0.1, 0.15) is 0 Å². The first-order valence-electron chi connectivity index (χ1n) is 7.03. The molecule has 2 N–H and O–H groups in total. The van der Waals surface area contributed by atoms with E-state index < -0.39 is 0 Å². The summed E-state index contributed by atoms with van der Waals surface area (Å²) in [5, 5.41) is 0. The number of ether oxygens (including phenoxy) is 1. The van der Waals surface area contributed by atoms with Crippen molar-refractivity contribution in [3.05, 3.63) is 29.8 Å². The largest absolute Gasteiger partial charge is 0.371 e. The van der Waals surface area contributed by atoms with E-state index in [0.717, 1.165) is 19.5 Å². The molecule has 2 fully saturated rings. The molecule has 3 heteroatoms. The van der Waals surface area contributed by atoms with E-state index in [0.29, 0.717) is 12.2 Å². The van der Waals surface area contributed by atoms with Crippen molar-refractivity contribution < 1.29 is 4.74 Å². The van der Waals surface area contributed by atoms with Gasteiger partial charge in [-0.05, 0) is 30.9 Å². The lowest BCUT2D eigenvalue weighted by molar-refractivity contribution is 0.0304. The maximum Gasteiger partial charge on any atom is 0.0755 e. The van der Waals surface area contributed by atoms with Crippen LogP contribution in [0.2, 0.25) is 0 Å². The molecule has 0 aliphatic carbocycles. The molecule has 1 aromatic rings. The average Bonchev–Trinajstić information content (AvgIpc) is 2.76. The lowest BCUT2D eigenvalue weighted by Crippen LogP contribution is -2.43. The lowest BCUT2D eigenvalue weighted by Gasteiger charge is -2.35. The Bertz CT molecular complexity index is 409. The number of nitrogens with zero attached hydrogens (tertiary/aromatic N) is 1. The monoisotopic (exact) mass is 246 g/mol. The molecule has 0 aromatic heterocycles. The van der Waals surface area contributed by atoms with Gasteiger partial charge in [-0.1, -0.05) is 25.1 Å². The van der Waals surface area contributed by atoms with Gasteiger partial charge in [0.2, 0.25) is 0 Å². The van der Waals surface area contributed by atoms with E-state index in [-0.39, 0.29) is 6.04 Å². The minimum atomic E-state index is 0.140. The van der Waals surface area contributed by atoms with Crippen molar-refractivity contribution in [1.29, 1.82) is 0 Å². The first-order valence-corrected chi connectivity index (χ1v) is 7.03. The zero-order valence-electron chi connectivity index (χ0n) is 11.0. The summed E-state index contributed by atoms with van der Waals surface area (Å²) in [6, 6.07) is 8.71. The van der Waals surface area contributed by atoms with Crippen molar-refractivity contribution in [2.75, 3.05) is 18.0 Å². The molecule has 3 nitrogen and oxygen atoms in total. The maximum absolute atomic E-state index is 6.23. The molecule has 2 aliphatic heterocycles. The number of fused-ring (bicyclic) bond motifs is 2. The first kappa shape index (κ1) is 12.0. The summed E-state index contributed by atoms with van der Waals surface area (Å²) < 4.78 is 5.90. The Labute approximate surface area is 109 Å². The van der Waals surface area contributed by atoms with Gasteiger partial charge in [-0.2, -0.15) is 0 Å². The van der Waals surface area contributed by atoms with Crippen LogP contribution in [0.1, 0.15) is 37.8 Å². The topological polar surface area (TPSA) is 38.5 Å². The Morgan fingerprint density at radius 1 is 1.28 bits per heavy atom. The number of benzene rings is 1. The Morgan fingerprint density at radius 3 is 2.61 bits per heavy atom. The molecule has 18 heavy (non-hydrogen) atoms. The van der Waals surface area contributed by atoms with E-state index in [2.05, 4.69) is 36.1 Å². The fraction of sp³-hybridized carbons (Fsp3) is 0.600. The summed E-state index contributed by atoms with van der Waals surface area (Å²) in [7, 11) is 0. The Morgan fingerprint density at radius 2 is 1.94 bits per heavy atom. The van der Waals surface area contributed by atoms with Gasteiger partial charge in [-0.25, -0.2) is 0 Å². The second kappa shape index (κ2) is 4.90. The zero-order valence-corrected chi connectivity index (χ0v) is 11.0. The predicted molar refractivity (Wildman–Crippen MR) is 73.8 cm³/mol. The number of para-hydroxylation sites is 1. The molecule has 3 rings (SSSR count). The molecule has 1 aromatic carbocycles. The molecular formula is C15H22N2O. The standard InChI is InChI=1S/C15H22N2O/c1-2-14(16)13-5-3-4-6-15(13)17-9-11-7-8-12(10-17)18-11/h3-6,11-12,14H,2,7-10,16H2,1H3/t11?,12?,14-/m0/s1. The highest BCUT2D eigenvalue weighted by atomic mass is 16.5. The van der Waals surface area contributed by atoms with Crippen molar-refractivity contribution >= 4 is 5.69 Å². The van der Waals surface area contributed by atoms with Crippen LogP contribution in [0.5, 0.6) is 0 Å². The van der Waals surface area contributed by atoms with Crippen molar-refractivity contribution in [2.24, 2.45) is 5.73 Å². The van der Waals surface area contributed by atoms with Gasteiger partial charge in [0.25, 0.3) is 0 Å². The molecule has 0 amide bonds. The summed E-state index contributed by atoms with van der Waals surface area (Å²) in [6.45, 7) is 4.18. The highest BCUT2D eigenvalue weighted by Crippen LogP contribution is 2.33. The number of nitrogens with two attached hydrogens (primary N) is 1. The van der Waals surface area contributed by atoms with Crippen LogP contribution in [0.25, 0.3) is 0 Å². The van der Waals surface area contributed by atoms with E-state index in [9.17, 15) is 0 Å². The predicted octanol–water partition coefficient (Wildman–Crippen LogP) is 2.46. The van der Waals surface area contributed by atoms with E-state index in [4.69, 9.17) is 10.5 Å². The fourth-order valence-corrected chi connectivity index (χ4v) is 3.12. The van der Waals surface area contributed by atoms with Crippen molar-refractivity contribution in [3.8, 4) is 0 Å². The summed E-state index contributed by atoms with van der Waals surface area (Å²) in [6.07, 6.45) is 4.25. The Balaban J connectivity index is 1.87. The first-order chi connectivity index (χ1) is 8.78. The molecule has 2 unspecified atom stereocenters. The van der Waals surface area contributed by atoms with Crippen molar-refractivity contribution in [2.45, 2.75) is 44.4 Å². The highest BCUT2D eigenvalue weighted by molar-refractivity contribution is 5.55. The van der Waals surface area contributed by atoms with Gasteiger partial charge >= 0.3 is 0 Å².